The number of hydrogen-bond donors (Lipinski definition) is 4. The number of non-ortho nitro benzene ring substituents is 2. The summed E-state index contributed by atoms with van der Waals surface area (Å²) in [6.45, 7) is -3.41. The number of hydrogen-bond acceptors (Lipinski definition) is 16. The number of nitrogens with zero attached hydrogens (tertiary/aromatic N) is 2. The van der Waals surface area contributed by atoms with E-state index in [0.717, 1.165) is 36.4 Å². The lowest BCUT2D eigenvalue weighted by molar-refractivity contribution is -0.385. The molecular weight excluding hydrogens is 929 g/mol. The number of sulfonamides is 2. The Morgan fingerprint density at radius 2 is 1.09 bits per heavy atom. The van der Waals surface area contributed by atoms with E-state index in [9.17, 15) is 63.5 Å². The predicted molar refractivity (Wildman–Crippen MR) is 223 cm³/mol. The summed E-state index contributed by atoms with van der Waals surface area (Å²) in [4.78, 5) is 49.5. The zero-order chi connectivity index (χ0) is 46.0. The Bertz CT molecular complexity index is 3740. The van der Waals surface area contributed by atoms with Crippen LogP contribution in [0.5, 0.6) is 0 Å². The van der Waals surface area contributed by atoms with Crippen molar-refractivity contribution in [1.29, 1.82) is 0 Å². The third-order valence-corrected chi connectivity index (χ3v) is 15.1. The molecule has 0 bridgehead atoms. The summed E-state index contributed by atoms with van der Waals surface area (Å²) in [6, 6.07) is 12.0. The second-order valence-electron chi connectivity index (χ2n) is 14.7. The predicted octanol–water partition coefficient (Wildman–Crippen LogP) is 3.22. The molecule has 1 unspecified atom stereocenters. The van der Waals surface area contributed by atoms with Gasteiger partial charge in [0, 0.05) is 75.6 Å². The van der Waals surface area contributed by atoms with Crippen LogP contribution in [0.2, 0.25) is 0 Å². The molecule has 0 spiro atoms. The number of fused-ring (bicyclic) bond motifs is 6. The summed E-state index contributed by atoms with van der Waals surface area (Å²) in [5.74, 6) is -2.36. The molecule has 22 nitrogen and oxygen atoms in total. The van der Waals surface area contributed by atoms with Gasteiger partial charge in [0.2, 0.25) is 20.0 Å². The summed E-state index contributed by atoms with van der Waals surface area (Å²) >= 11 is 0. The molecule has 0 aliphatic heterocycles. The third-order valence-electron chi connectivity index (χ3n) is 11.2. The Labute approximate surface area is 359 Å². The van der Waals surface area contributed by atoms with Crippen LogP contribution in [-0.2, 0) is 49.2 Å². The highest BCUT2D eigenvalue weighted by Crippen LogP contribution is 2.53. The SMILES string of the molecule is O=C1c2cc([N+](=O)[O-])ccc2-c2cc(S(=O)(=O)NCCOS(=O)(=O)O)c3c4c(S(=O)(=O)NCCOS(=O)(=O)O)cc5c6c4c(c4ccc1c2c43)=CCC6C(=O)c1cc([N+](=O)[O-])ccc1-5. The van der Waals surface area contributed by atoms with Crippen molar-refractivity contribution in [1.82, 2.24) is 9.44 Å². The van der Waals surface area contributed by atoms with Crippen molar-refractivity contribution in [3.8, 4) is 22.3 Å². The molecule has 0 saturated heterocycles. The maximum absolute atomic E-state index is 14.7. The van der Waals surface area contributed by atoms with E-state index >= 15 is 0 Å². The fourth-order valence-electron chi connectivity index (χ4n) is 8.85. The Hall–Kier alpha value is -6.20. The number of nitro benzene ring substituents is 2. The molecule has 6 aromatic carbocycles. The topological polar surface area (TPSA) is 340 Å². The summed E-state index contributed by atoms with van der Waals surface area (Å²) in [5, 5.41) is 23.7. The molecule has 0 aromatic heterocycles. The number of rotatable bonds is 14. The number of carbonyl (C=O) groups is 2. The van der Waals surface area contributed by atoms with Crippen LogP contribution in [0.15, 0.2) is 70.5 Å². The zero-order valence-electron chi connectivity index (χ0n) is 31.9. The zero-order valence-corrected chi connectivity index (χ0v) is 35.2. The highest BCUT2D eigenvalue weighted by molar-refractivity contribution is 7.90. The van der Waals surface area contributed by atoms with E-state index < -0.39 is 116 Å². The summed E-state index contributed by atoms with van der Waals surface area (Å²) in [5.41, 5.74) is -0.611. The fraction of sp³-hybridized carbons (Fsp3) is 0.158. The first kappa shape index (κ1) is 43.1. The number of nitrogens with one attached hydrogen (secondary N) is 2. The standard InChI is InChI=1S/C38H26N4O18S4/c43-37-23-7-5-21-22-6-8-24-32-26(20-4-2-18(42(47)48)14-28(20)38(24)44)16-30(62(51,52)40-10-12-60-64(56,57)58)36(34(22)32)35-29(61(49,50)39-9-11-59-63(53,54)55)15-25(31(23)33(21)35)19-3-1-17(41(45)46)13-27(19)37/h1-7,13-16,24,39-40H,8-12H2,(H,53,54,55)(H,56,57,58). The van der Waals surface area contributed by atoms with E-state index in [0.29, 0.717) is 5.22 Å². The van der Waals surface area contributed by atoms with Gasteiger partial charge in [-0.15, -0.1) is 0 Å². The van der Waals surface area contributed by atoms with Crippen molar-refractivity contribution in [2.75, 3.05) is 26.3 Å². The van der Waals surface area contributed by atoms with Gasteiger partial charge in [-0.1, -0.05) is 12.1 Å². The molecule has 330 valence electrons. The largest absolute Gasteiger partial charge is 0.397 e. The monoisotopic (exact) mass is 954 g/mol. The molecule has 6 aromatic rings. The van der Waals surface area contributed by atoms with Crippen LogP contribution in [0.4, 0.5) is 11.4 Å². The van der Waals surface area contributed by atoms with Crippen LogP contribution in [-0.4, -0.2) is 90.5 Å². The van der Waals surface area contributed by atoms with Crippen molar-refractivity contribution >= 4 is 102 Å². The summed E-state index contributed by atoms with van der Waals surface area (Å²) in [7, 11) is -20.0. The maximum Gasteiger partial charge on any atom is 0.397 e. The molecular formula is C38H26N4O18S4. The van der Waals surface area contributed by atoms with Gasteiger partial charge in [0.1, 0.15) is 0 Å². The molecule has 1 atom stereocenters. The van der Waals surface area contributed by atoms with E-state index in [-0.39, 0.29) is 83.2 Å². The smallest absolute Gasteiger partial charge is 0.293 e. The third kappa shape index (κ3) is 6.90. The minimum atomic E-state index is -5.04. The molecule has 26 heteroatoms. The number of carbonyl (C=O) groups excluding carboxylic acids is 2. The number of ketones is 2. The highest BCUT2D eigenvalue weighted by Gasteiger charge is 2.41. The Balaban J connectivity index is 1.46. The average Bonchev–Trinajstić information content (AvgIpc) is 3.23. The Kier molecular flexibility index (Phi) is 9.87. The molecule has 0 fully saturated rings. The van der Waals surface area contributed by atoms with Crippen molar-refractivity contribution in [2.45, 2.75) is 22.1 Å². The molecule has 3 aliphatic rings. The molecule has 0 heterocycles. The quantitative estimate of drug-likeness (QED) is 0.0303. The normalized spacial score (nSPS) is 15.6. The summed E-state index contributed by atoms with van der Waals surface area (Å²) < 4.78 is 135. The van der Waals surface area contributed by atoms with Gasteiger partial charge in [0.05, 0.1) is 38.8 Å². The molecule has 3 aliphatic carbocycles. The first-order chi connectivity index (χ1) is 30.0. The van der Waals surface area contributed by atoms with Crippen LogP contribution in [0, 0.1) is 20.2 Å². The van der Waals surface area contributed by atoms with Crippen LogP contribution >= 0.6 is 0 Å². The van der Waals surface area contributed by atoms with Gasteiger partial charge >= 0.3 is 20.8 Å². The molecule has 0 radical (unpaired) electrons. The van der Waals surface area contributed by atoms with E-state index in [4.69, 9.17) is 9.11 Å². The minimum Gasteiger partial charge on any atom is -0.293 e. The average molecular weight is 955 g/mol. The van der Waals surface area contributed by atoms with Crippen LogP contribution < -0.4 is 14.7 Å². The van der Waals surface area contributed by atoms with Gasteiger partial charge in [-0.3, -0.25) is 38.9 Å². The fourth-order valence-corrected chi connectivity index (χ4v) is 11.9. The van der Waals surface area contributed by atoms with Crippen molar-refractivity contribution in [2.24, 2.45) is 0 Å². The van der Waals surface area contributed by atoms with Gasteiger partial charge in [0.25, 0.3) is 11.4 Å². The molecule has 4 N–H and O–H groups in total. The molecule has 9 rings (SSSR count). The molecule has 0 amide bonds. The van der Waals surface area contributed by atoms with Crippen molar-refractivity contribution < 1.29 is 70.6 Å². The lowest BCUT2D eigenvalue weighted by Gasteiger charge is -2.32. The van der Waals surface area contributed by atoms with Gasteiger partial charge in [-0.05, 0) is 80.6 Å². The first-order valence-electron chi connectivity index (χ1n) is 18.4. The van der Waals surface area contributed by atoms with Crippen LogP contribution in [0.25, 0.3) is 60.6 Å². The lowest BCUT2D eigenvalue weighted by Crippen LogP contribution is -2.31. The van der Waals surface area contributed by atoms with Crippen LogP contribution in [0.1, 0.15) is 44.2 Å². The van der Waals surface area contributed by atoms with Gasteiger partial charge in [0.15, 0.2) is 11.6 Å². The molecule has 0 saturated carbocycles. The second-order valence-corrected chi connectivity index (χ2v) is 20.3. The minimum absolute atomic E-state index is 0.0170. The second kappa shape index (κ2) is 14.7. The van der Waals surface area contributed by atoms with Crippen molar-refractivity contribution in [3.63, 3.8) is 0 Å². The first-order valence-corrected chi connectivity index (χ1v) is 24.1. The van der Waals surface area contributed by atoms with Crippen LogP contribution in [0.3, 0.4) is 0 Å². The van der Waals surface area contributed by atoms with E-state index in [2.05, 4.69) is 17.8 Å². The van der Waals surface area contributed by atoms with Gasteiger partial charge < -0.3 is 0 Å². The van der Waals surface area contributed by atoms with E-state index in [1.54, 1.807) is 6.08 Å². The Morgan fingerprint density at radius 3 is 1.64 bits per heavy atom. The van der Waals surface area contributed by atoms with Gasteiger partial charge in [-0.25, -0.2) is 34.6 Å². The van der Waals surface area contributed by atoms with Crippen molar-refractivity contribution in [3.05, 3.63) is 108 Å². The number of benzene rings is 6. The number of Topliss-reactive ketones (excluding diaryl/α,β-unsaturated/α-hetero) is 1. The van der Waals surface area contributed by atoms with Gasteiger partial charge in [-0.2, -0.15) is 16.8 Å². The summed E-state index contributed by atoms with van der Waals surface area (Å²) in [6.07, 6.45) is 1.58. The lowest BCUT2D eigenvalue weighted by atomic mass is 9.70. The molecule has 64 heavy (non-hydrogen) atoms. The maximum atomic E-state index is 14.7. The van der Waals surface area contributed by atoms with E-state index in [1.165, 1.54) is 24.3 Å². The number of nitro groups is 2. The Morgan fingerprint density at radius 1 is 0.594 bits per heavy atom. The van der Waals surface area contributed by atoms with E-state index in [1.807, 2.05) is 0 Å². The highest BCUT2D eigenvalue weighted by atomic mass is 32.3.